The number of nitro benzene ring substituents is 1. The van der Waals surface area contributed by atoms with Crippen molar-refractivity contribution < 1.29 is 24.3 Å². The lowest BCUT2D eigenvalue weighted by molar-refractivity contribution is -0.385. The van der Waals surface area contributed by atoms with Gasteiger partial charge in [0.2, 0.25) is 5.75 Å². The average molecular weight is 249 g/mol. The molecule has 0 spiro atoms. The van der Waals surface area contributed by atoms with Crippen molar-refractivity contribution in [2.24, 2.45) is 0 Å². The van der Waals surface area contributed by atoms with E-state index in [1.807, 2.05) is 0 Å². The Morgan fingerprint density at radius 3 is 2.61 bits per heavy atom. The lowest BCUT2D eigenvalue weighted by Gasteiger charge is -2.03. The zero-order chi connectivity index (χ0) is 13.3. The van der Waals surface area contributed by atoms with Gasteiger partial charge in [0.05, 0.1) is 11.2 Å². The first-order valence-corrected chi connectivity index (χ1v) is 4.79. The van der Waals surface area contributed by atoms with Crippen LogP contribution in [0.15, 0.2) is 34.9 Å². The van der Waals surface area contributed by atoms with Crippen LogP contribution in [-0.4, -0.2) is 21.1 Å². The molecule has 92 valence electrons. The normalized spacial score (nSPS) is 10.2. The maximum atomic E-state index is 10.9. The SMILES string of the molecule is O=C(O)c1cc(-c2ccco2)cc([N+](=O)[O-])c1O. The molecule has 0 radical (unpaired) electrons. The average Bonchev–Trinajstić information content (AvgIpc) is 2.82. The lowest BCUT2D eigenvalue weighted by Crippen LogP contribution is -2.00. The molecule has 0 amide bonds. The summed E-state index contributed by atoms with van der Waals surface area (Å²) in [5.74, 6) is -2.05. The van der Waals surface area contributed by atoms with Crippen LogP contribution >= 0.6 is 0 Å². The molecule has 1 aromatic heterocycles. The molecule has 2 aromatic rings. The number of furan rings is 1. The molecule has 0 bridgehead atoms. The predicted octanol–water partition coefficient (Wildman–Crippen LogP) is 2.26. The second kappa shape index (κ2) is 4.21. The van der Waals surface area contributed by atoms with E-state index >= 15 is 0 Å². The van der Waals surface area contributed by atoms with Crippen molar-refractivity contribution in [3.63, 3.8) is 0 Å². The summed E-state index contributed by atoms with van der Waals surface area (Å²) in [5, 5.41) is 29.1. The van der Waals surface area contributed by atoms with Crippen molar-refractivity contribution in [2.45, 2.75) is 0 Å². The number of aromatic carboxylic acids is 1. The molecule has 0 aliphatic heterocycles. The minimum atomic E-state index is -1.45. The van der Waals surface area contributed by atoms with E-state index in [1.165, 1.54) is 12.3 Å². The Kier molecular flexibility index (Phi) is 2.72. The van der Waals surface area contributed by atoms with Gasteiger partial charge >= 0.3 is 11.7 Å². The monoisotopic (exact) mass is 249 g/mol. The van der Waals surface area contributed by atoms with Crippen LogP contribution in [0.4, 0.5) is 5.69 Å². The van der Waals surface area contributed by atoms with Gasteiger partial charge in [-0.15, -0.1) is 0 Å². The summed E-state index contributed by atoms with van der Waals surface area (Å²) in [7, 11) is 0. The van der Waals surface area contributed by atoms with Gasteiger partial charge < -0.3 is 14.6 Å². The number of nitro groups is 1. The maximum Gasteiger partial charge on any atom is 0.339 e. The molecular weight excluding hydrogens is 242 g/mol. The Hall–Kier alpha value is -2.83. The number of nitrogens with zero attached hydrogens (tertiary/aromatic N) is 1. The third kappa shape index (κ3) is 1.88. The molecule has 0 saturated carbocycles. The molecule has 0 atom stereocenters. The quantitative estimate of drug-likeness (QED) is 0.636. The smallest absolute Gasteiger partial charge is 0.339 e. The summed E-state index contributed by atoms with van der Waals surface area (Å²) in [4.78, 5) is 20.8. The third-order valence-corrected chi connectivity index (χ3v) is 2.32. The number of carboxylic acids is 1. The van der Waals surface area contributed by atoms with Gasteiger partial charge in [0.15, 0.2) is 0 Å². The molecule has 1 aromatic carbocycles. The van der Waals surface area contributed by atoms with Crippen LogP contribution < -0.4 is 0 Å². The van der Waals surface area contributed by atoms with Gasteiger partial charge in [0.1, 0.15) is 11.3 Å². The van der Waals surface area contributed by atoms with E-state index < -0.39 is 27.9 Å². The first-order chi connectivity index (χ1) is 8.50. The standard InChI is InChI=1S/C11H7NO6/c13-10-7(11(14)15)4-6(5-8(10)12(16)17)9-2-1-3-18-9/h1-5,13H,(H,14,15). The van der Waals surface area contributed by atoms with Gasteiger partial charge in [0.25, 0.3) is 0 Å². The zero-order valence-corrected chi connectivity index (χ0v) is 8.86. The van der Waals surface area contributed by atoms with E-state index in [0.29, 0.717) is 0 Å². The van der Waals surface area contributed by atoms with Crippen LogP contribution in [0.25, 0.3) is 11.3 Å². The first-order valence-electron chi connectivity index (χ1n) is 4.79. The van der Waals surface area contributed by atoms with Gasteiger partial charge in [-0.3, -0.25) is 10.1 Å². The minimum absolute atomic E-state index is 0.210. The van der Waals surface area contributed by atoms with Crippen LogP contribution in [0.3, 0.4) is 0 Å². The van der Waals surface area contributed by atoms with Crippen molar-refractivity contribution in [2.75, 3.05) is 0 Å². The molecule has 0 aliphatic rings. The summed E-state index contributed by atoms with van der Waals surface area (Å²) in [6.45, 7) is 0. The first kappa shape index (κ1) is 11.6. The minimum Gasteiger partial charge on any atom is -0.501 e. The van der Waals surface area contributed by atoms with Crippen molar-refractivity contribution in [3.8, 4) is 17.1 Å². The molecule has 7 nitrogen and oxygen atoms in total. The van der Waals surface area contributed by atoms with Crippen molar-refractivity contribution in [1.29, 1.82) is 0 Å². The summed E-state index contributed by atoms with van der Waals surface area (Å²) >= 11 is 0. The molecule has 2 rings (SSSR count). The van der Waals surface area contributed by atoms with E-state index in [4.69, 9.17) is 9.52 Å². The Morgan fingerprint density at radius 1 is 1.39 bits per heavy atom. The largest absolute Gasteiger partial charge is 0.501 e. The van der Waals surface area contributed by atoms with E-state index in [0.717, 1.165) is 12.1 Å². The molecular formula is C11H7NO6. The van der Waals surface area contributed by atoms with E-state index in [2.05, 4.69) is 0 Å². The highest BCUT2D eigenvalue weighted by atomic mass is 16.6. The molecule has 0 unspecified atom stereocenters. The zero-order valence-electron chi connectivity index (χ0n) is 8.86. The Morgan fingerprint density at radius 2 is 2.11 bits per heavy atom. The fourth-order valence-electron chi connectivity index (χ4n) is 1.51. The Bertz CT molecular complexity index is 581. The summed E-state index contributed by atoms with van der Waals surface area (Å²) < 4.78 is 5.03. The fourth-order valence-corrected chi connectivity index (χ4v) is 1.51. The van der Waals surface area contributed by atoms with E-state index in [-0.39, 0.29) is 11.3 Å². The molecule has 2 N–H and O–H groups in total. The van der Waals surface area contributed by atoms with Gasteiger partial charge in [-0.25, -0.2) is 4.79 Å². The van der Waals surface area contributed by atoms with Crippen LogP contribution in [0.5, 0.6) is 5.75 Å². The van der Waals surface area contributed by atoms with Crippen molar-refractivity contribution in [1.82, 2.24) is 0 Å². The summed E-state index contributed by atoms with van der Waals surface area (Å²) in [6.07, 6.45) is 1.36. The number of benzene rings is 1. The summed E-state index contributed by atoms with van der Waals surface area (Å²) in [5.41, 5.74) is -1.01. The summed E-state index contributed by atoms with van der Waals surface area (Å²) in [6, 6.07) is 5.26. The van der Waals surface area contributed by atoms with Crippen LogP contribution in [0, 0.1) is 10.1 Å². The highest BCUT2D eigenvalue weighted by Crippen LogP contribution is 2.35. The number of rotatable bonds is 3. The topological polar surface area (TPSA) is 114 Å². The van der Waals surface area contributed by atoms with Crippen molar-refractivity contribution >= 4 is 11.7 Å². The van der Waals surface area contributed by atoms with Gasteiger partial charge in [0, 0.05) is 11.6 Å². The second-order valence-corrected chi connectivity index (χ2v) is 3.43. The number of hydrogen-bond acceptors (Lipinski definition) is 5. The predicted molar refractivity (Wildman–Crippen MR) is 59.4 cm³/mol. The Balaban J connectivity index is 2.70. The fraction of sp³-hybridized carbons (Fsp3) is 0. The van der Waals surface area contributed by atoms with E-state index in [1.54, 1.807) is 6.07 Å². The number of hydrogen-bond donors (Lipinski definition) is 2. The van der Waals surface area contributed by atoms with Crippen LogP contribution in [0.2, 0.25) is 0 Å². The number of carbonyl (C=O) groups is 1. The number of aromatic hydroxyl groups is 1. The van der Waals surface area contributed by atoms with Gasteiger partial charge in [-0.2, -0.15) is 0 Å². The lowest BCUT2D eigenvalue weighted by atomic mass is 10.1. The molecule has 0 saturated heterocycles. The molecule has 0 aliphatic carbocycles. The van der Waals surface area contributed by atoms with Crippen LogP contribution in [0.1, 0.15) is 10.4 Å². The van der Waals surface area contributed by atoms with Gasteiger partial charge in [-0.1, -0.05) is 0 Å². The second-order valence-electron chi connectivity index (χ2n) is 3.43. The molecule has 18 heavy (non-hydrogen) atoms. The number of carboxylic acid groups (broad SMARTS) is 1. The molecule has 0 fully saturated rings. The highest BCUT2D eigenvalue weighted by Gasteiger charge is 2.23. The molecule has 7 heteroatoms. The van der Waals surface area contributed by atoms with E-state index in [9.17, 15) is 20.0 Å². The maximum absolute atomic E-state index is 10.9. The highest BCUT2D eigenvalue weighted by molar-refractivity contribution is 5.94. The third-order valence-electron chi connectivity index (χ3n) is 2.32. The van der Waals surface area contributed by atoms with Gasteiger partial charge in [-0.05, 0) is 18.2 Å². The van der Waals surface area contributed by atoms with Crippen LogP contribution in [-0.2, 0) is 0 Å². The van der Waals surface area contributed by atoms with Crippen molar-refractivity contribution in [3.05, 3.63) is 46.2 Å². The number of phenols is 1. The molecule has 1 heterocycles. The Labute approximate surface area is 100 Å².